The normalized spacial score (nSPS) is 11.0. The van der Waals surface area contributed by atoms with Crippen LogP contribution in [0.1, 0.15) is 36.0 Å². The summed E-state index contributed by atoms with van der Waals surface area (Å²) < 4.78 is 5.70. The van der Waals surface area contributed by atoms with Crippen LogP contribution in [0.4, 0.5) is 17.3 Å². The summed E-state index contributed by atoms with van der Waals surface area (Å²) in [5.41, 5.74) is 3.33. The van der Waals surface area contributed by atoms with Crippen molar-refractivity contribution in [2.45, 2.75) is 19.8 Å². The lowest BCUT2D eigenvalue weighted by molar-refractivity contribution is 0.102. The van der Waals surface area contributed by atoms with Crippen molar-refractivity contribution in [3.05, 3.63) is 72.4 Å². The number of benzene rings is 2. The number of nitrogens with one attached hydrogen (secondary N) is 2. The first-order chi connectivity index (χ1) is 13.6. The zero-order valence-electron chi connectivity index (χ0n) is 15.5. The number of carbonyl (C=O) groups is 1. The summed E-state index contributed by atoms with van der Waals surface area (Å²) in [6.45, 7) is 4.05. The van der Waals surface area contributed by atoms with Crippen LogP contribution < -0.4 is 10.6 Å². The van der Waals surface area contributed by atoms with Crippen LogP contribution in [0.15, 0.2) is 65.3 Å². The molecule has 2 aromatic heterocycles. The van der Waals surface area contributed by atoms with Crippen molar-refractivity contribution in [2.24, 2.45) is 0 Å². The van der Waals surface area contributed by atoms with Gasteiger partial charge in [0.2, 0.25) is 5.95 Å². The fraction of sp³-hybridized carbons (Fsp3) is 0.143. The summed E-state index contributed by atoms with van der Waals surface area (Å²) in [4.78, 5) is 25.4. The summed E-state index contributed by atoms with van der Waals surface area (Å²) in [6.07, 6.45) is 3.30. The van der Waals surface area contributed by atoms with E-state index < -0.39 is 0 Å². The first-order valence-electron chi connectivity index (χ1n) is 8.94. The van der Waals surface area contributed by atoms with Gasteiger partial charge in [0.05, 0.1) is 0 Å². The van der Waals surface area contributed by atoms with E-state index in [9.17, 15) is 4.79 Å². The Balaban J connectivity index is 1.52. The smallest absolute Gasteiger partial charge is 0.255 e. The summed E-state index contributed by atoms with van der Waals surface area (Å²) in [6, 6.07) is 14.3. The van der Waals surface area contributed by atoms with E-state index in [0.29, 0.717) is 28.7 Å². The van der Waals surface area contributed by atoms with E-state index in [2.05, 4.69) is 25.6 Å². The largest absolute Gasteiger partial charge is 0.440 e. The Hall–Kier alpha value is -3.74. The van der Waals surface area contributed by atoms with E-state index in [1.807, 2.05) is 32.0 Å². The molecule has 0 spiro atoms. The molecule has 0 saturated carbocycles. The third kappa shape index (κ3) is 3.83. The Kier molecular flexibility index (Phi) is 4.72. The van der Waals surface area contributed by atoms with E-state index in [0.717, 1.165) is 11.2 Å². The van der Waals surface area contributed by atoms with Crippen LogP contribution in [0.2, 0.25) is 0 Å². The Morgan fingerprint density at radius 3 is 2.61 bits per heavy atom. The summed E-state index contributed by atoms with van der Waals surface area (Å²) in [5, 5.41) is 5.98. The van der Waals surface area contributed by atoms with Gasteiger partial charge in [0.1, 0.15) is 5.52 Å². The molecule has 140 valence electrons. The highest BCUT2D eigenvalue weighted by molar-refractivity contribution is 6.05. The van der Waals surface area contributed by atoms with Crippen molar-refractivity contribution in [3.63, 3.8) is 0 Å². The molecule has 4 rings (SSSR count). The van der Waals surface area contributed by atoms with E-state index in [4.69, 9.17) is 4.42 Å². The lowest BCUT2D eigenvalue weighted by Gasteiger charge is -2.08. The number of amides is 1. The molecule has 2 N–H and O–H groups in total. The van der Waals surface area contributed by atoms with Crippen molar-refractivity contribution < 1.29 is 9.21 Å². The second-order valence-electron chi connectivity index (χ2n) is 6.62. The molecular formula is C21H19N5O2. The van der Waals surface area contributed by atoms with Gasteiger partial charge in [-0.15, -0.1) is 0 Å². The maximum atomic E-state index is 12.7. The molecule has 0 saturated heterocycles. The third-order valence-corrected chi connectivity index (χ3v) is 4.10. The van der Waals surface area contributed by atoms with E-state index >= 15 is 0 Å². The van der Waals surface area contributed by atoms with Crippen LogP contribution in [0.25, 0.3) is 11.1 Å². The molecule has 28 heavy (non-hydrogen) atoms. The number of hydrogen-bond donors (Lipinski definition) is 2. The van der Waals surface area contributed by atoms with Crippen molar-refractivity contribution in [2.75, 3.05) is 10.6 Å². The van der Waals surface area contributed by atoms with Gasteiger partial charge in [-0.25, -0.2) is 15.0 Å². The topological polar surface area (TPSA) is 92.9 Å². The standard InChI is InChI=1S/C21H19N5O2/c1-13(2)20-26-17-12-16(7-8-18(17)28-20)24-19(27)14-5-3-6-15(11-14)25-21-22-9-4-10-23-21/h3-13H,1-2H3,(H,24,27)(H,22,23,25). The van der Waals surface area contributed by atoms with Gasteiger partial charge in [-0.05, 0) is 42.5 Å². The molecule has 2 heterocycles. The quantitative estimate of drug-likeness (QED) is 0.525. The molecule has 2 aromatic carbocycles. The number of hydrogen-bond acceptors (Lipinski definition) is 6. The molecule has 0 aliphatic carbocycles. The van der Waals surface area contributed by atoms with Crippen molar-refractivity contribution in [1.29, 1.82) is 0 Å². The van der Waals surface area contributed by atoms with Gasteiger partial charge in [-0.1, -0.05) is 19.9 Å². The molecule has 7 heteroatoms. The van der Waals surface area contributed by atoms with E-state index in [1.54, 1.807) is 42.7 Å². The minimum absolute atomic E-state index is 0.203. The van der Waals surface area contributed by atoms with Crippen LogP contribution in [0, 0.1) is 0 Å². The van der Waals surface area contributed by atoms with Gasteiger partial charge >= 0.3 is 0 Å². The van der Waals surface area contributed by atoms with Crippen LogP contribution in [-0.2, 0) is 0 Å². The molecule has 1 amide bonds. The number of anilines is 3. The lowest BCUT2D eigenvalue weighted by Crippen LogP contribution is -2.12. The molecule has 7 nitrogen and oxygen atoms in total. The molecular weight excluding hydrogens is 354 g/mol. The summed E-state index contributed by atoms with van der Waals surface area (Å²) in [5.74, 6) is 1.14. The number of oxazole rings is 1. The highest BCUT2D eigenvalue weighted by atomic mass is 16.3. The van der Waals surface area contributed by atoms with Gasteiger partial charge in [0.25, 0.3) is 5.91 Å². The third-order valence-electron chi connectivity index (χ3n) is 4.10. The zero-order valence-corrected chi connectivity index (χ0v) is 15.5. The van der Waals surface area contributed by atoms with Crippen LogP contribution >= 0.6 is 0 Å². The SMILES string of the molecule is CC(C)c1nc2cc(NC(=O)c3cccc(Nc4ncccn4)c3)ccc2o1. The minimum atomic E-state index is -0.218. The van der Waals surface area contributed by atoms with Crippen LogP contribution in [0.5, 0.6) is 0 Å². The molecule has 0 aliphatic heterocycles. The fourth-order valence-corrected chi connectivity index (χ4v) is 2.70. The lowest BCUT2D eigenvalue weighted by atomic mass is 10.2. The summed E-state index contributed by atoms with van der Waals surface area (Å²) >= 11 is 0. The van der Waals surface area contributed by atoms with E-state index in [1.165, 1.54) is 0 Å². The van der Waals surface area contributed by atoms with Gasteiger partial charge in [0.15, 0.2) is 11.5 Å². The Labute approximate surface area is 161 Å². The summed E-state index contributed by atoms with van der Waals surface area (Å²) in [7, 11) is 0. The number of fused-ring (bicyclic) bond motifs is 1. The second kappa shape index (κ2) is 7.48. The first kappa shape index (κ1) is 17.7. The van der Waals surface area contributed by atoms with Gasteiger partial charge in [-0.2, -0.15) is 0 Å². The number of carbonyl (C=O) groups excluding carboxylic acids is 1. The molecule has 0 unspecified atom stereocenters. The molecule has 0 radical (unpaired) electrons. The Bertz CT molecular complexity index is 1120. The Morgan fingerprint density at radius 1 is 1.00 bits per heavy atom. The van der Waals surface area contributed by atoms with Crippen LogP contribution in [0.3, 0.4) is 0 Å². The van der Waals surface area contributed by atoms with Crippen molar-refractivity contribution >= 4 is 34.3 Å². The number of rotatable bonds is 5. The highest BCUT2D eigenvalue weighted by Crippen LogP contribution is 2.24. The molecule has 4 aromatic rings. The minimum Gasteiger partial charge on any atom is -0.440 e. The molecule has 0 atom stereocenters. The van der Waals surface area contributed by atoms with Crippen LogP contribution in [-0.4, -0.2) is 20.9 Å². The fourth-order valence-electron chi connectivity index (χ4n) is 2.70. The number of nitrogens with zero attached hydrogens (tertiary/aromatic N) is 3. The Morgan fingerprint density at radius 2 is 1.82 bits per heavy atom. The van der Waals surface area contributed by atoms with Gasteiger partial charge in [0, 0.05) is 35.2 Å². The maximum Gasteiger partial charge on any atom is 0.255 e. The average molecular weight is 373 g/mol. The molecule has 0 bridgehead atoms. The predicted molar refractivity (Wildman–Crippen MR) is 108 cm³/mol. The predicted octanol–water partition coefficient (Wildman–Crippen LogP) is 4.74. The van der Waals surface area contributed by atoms with Crippen molar-refractivity contribution in [1.82, 2.24) is 15.0 Å². The van der Waals surface area contributed by atoms with Gasteiger partial charge < -0.3 is 15.1 Å². The van der Waals surface area contributed by atoms with E-state index in [-0.39, 0.29) is 11.8 Å². The van der Waals surface area contributed by atoms with Crippen molar-refractivity contribution in [3.8, 4) is 0 Å². The number of aromatic nitrogens is 3. The average Bonchev–Trinajstić information content (AvgIpc) is 3.13. The highest BCUT2D eigenvalue weighted by Gasteiger charge is 2.12. The van der Waals surface area contributed by atoms with Gasteiger partial charge in [-0.3, -0.25) is 4.79 Å². The maximum absolute atomic E-state index is 12.7. The molecule has 0 aliphatic rings. The second-order valence-corrected chi connectivity index (χ2v) is 6.62. The first-order valence-corrected chi connectivity index (χ1v) is 8.94. The monoisotopic (exact) mass is 373 g/mol. The zero-order chi connectivity index (χ0) is 19.5. The molecule has 0 fully saturated rings.